The van der Waals surface area contributed by atoms with E-state index in [9.17, 15) is 5.21 Å². The highest BCUT2D eigenvalue weighted by Gasteiger charge is 2.32. The number of rotatable bonds is 1. The molecule has 3 atom stereocenters. The molecule has 2 heteroatoms. The van der Waals surface area contributed by atoms with Gasteiger partial charge in [-0.25, -0.2) is 0 Å². The van der Waals surface area contributed by atoms with Crippen molar-refractivity contribution in [2.45, 2.75) is 32.4 Å². The van der Waals surface area contributed by atoms with Crippen LogP contribution in [0.2, 0.25) is 0 Å². The second kappa shape index (κ2) is 1.46. The minimum atomic E-state index is 0.310. The van der Waals surface area contributed by atoms with Gasteiger partial charge in [0.15, 0.2) is 0 Å². The van der Waals surface area contributed by atoms with Crippen LogP contribution >= 0.6 is 0 Å². The topological polar surface area (TPSA) is 26.1 Å². The standard InChI is InChI=1S/C5H10NO/c1-3-5-4(2)6(5)7/h4-5H,3H2,1-2H3/q-1/t4-,5?,6?/m1/s1. The molecule has 1 aliphatic rings. The summed E-state index contributed by atoms with van der Waals surface area (Å²) in [4.78, 5) is 0. The van der Waals surface area contributed by atoms with Gasteiger partial charge in [-0.05, 0) is 13.3 Å². The summed E-state index contributed by atoms with van der Waals surface area (Å²) in [6, 6.07) is 0.657. The summed E-state index contributed by atoms with van der Waals surface area (Å²) in [7, 11) is 0. The quantitative estimate of drug-likeness (QED) is 0.459. The highest BCUT2D eigenvalue weighted by atomic mass is 16.5. The van der Waals surface area contributed by atoms with Crippen LogP contribution in [-0.4, -0.2) is 17.1 Å². The lowest BCUT2D eigenvalue weighted by atomic mass is 10.3. The third kappa shape index (κ3) is 0.640. The summed E-state index contributed by atoms with van der Waals surface area (Å²) in [5.41, 5.74) is 0. The third-order valence-corrected chi connectivity index (χ3v) is 1.61. The zero-order valence-electron chi connectivity index (χ0n) is 4.72. The highest BCUT2D eigenvalue weighted by molar-refractivity contribution is 4.98. The Labute approximate surface area is 43.7 Å². The number of hydrogen-bond donors (Lipinski definition) is 0. The van der Waals surface area contributed by atoms with Crippen molar-refractivity contribution in [3.8, 4) is 0 Å². The van der Waals surface area contributed by atoms with Crippen LogP contribution in [0.5, 0.6) is 0 Å². The van der Waals surface area contributed by atoms with E-state index in [1.165, 1.54) is 0 Å². The first kappa shape index (κ1) is 5.06. The van der Waals surface area contributed by atoms with Gasteiger partial charge in [-0.2, -0.15) is 0 Å². The molecular formula is C5H10NO-. The molecule has 0 radical (unpaired) electrons. The fourth-order valence-corrected chi connectivity index (χ4v) is 0.904. The van der Waals surface area contributed by atoms with Gasteiger partial charge in [-0.15, -0.1) is 0 Å². The van der Waals surface area contributed by atoms with Gasteiger partial charge in [0, 0.05) is 12.1 Å². The Morgan fingerprint density at radius 2 is 2.14 bits per heavy atom. The van der Waals surface area contributed by atoms with Crippen molar-refractivity contribution >= 4 is 0 Å². The second-order valence-corrected chi connectivity index (χ2v) is 2.08. The Balaban J connectivity index is 2.24. The summed E-state index contributed by atoms with van der Waals surface area (Å²) in [6.07, 6.45) is 1.00. The first-order valence-corrected chi connectivity index (χ1v) is 2.73. The molecule has 0 aromatic heterocycles. The van der Waals surface area contributed by atoms with E-state index in [2.05, 4.69) is 0 Å². The van der Waals surface area contributed by atoms with Gasteiger partial charge in [0.1, 0.15) is 0 Å². The van der Waals surface area contributed by atoms with Crippen LogP contribution in [-0.2, 0) is 0 Å². The molecule has 0 saturated carbocycles. The normalized spacial score (nSPS) is 49.3. The second-order valence-electron chi connectivity index (χ2n) is 2.08. The predicted molar refractivity (Wildman–Crippen MR) is 28.7 cm³/mol. The molecule has 0 spiro atoms. The maximum absolute atomic E-state index is 10.4. The van der Waals surface area contributed by atoms with Gasteiger partial charge < -0.3 is 10.3 Å². The molecule has 2 nitrogen and oxygen atoms in total. The van der Waals surface area contributed by atoms with Crippen LogP contribution in [0.1, 0.15) is 20.3 Å². The number of hydrogen-bond acceptors (Lipinski definition) is 2. The molecule has 0 aromatic rings. The average molecular weight is 100 g/mol. The van der Waals surface area contributed by atoms with Gasteiger partial charge in [0.25, 0.3) is 0 Å². The summed E-state index contributed by atoms with van der Waals surface area (Å²) in [5, 5.41) is 11.5. The minimum absolute atomic E-state index is 0.310. The Morgan fingerprint density at radius 3 is 2.14 bits per heavy atom. The first-order chi connectivity index (χ1) is 3.27. The molecular weight excluding hydrogens is 90.1 g/mol. The van der Waals surface area contributed by atoms with E-state index in [4.69, 9.17) is 0 Å². The maximum Gasteiger partial charge on any atom is 0.0121 e. The SMILES string of the molecule is CCC1[C@@H](C)N1[O-]. The van der Waals surface area contributed by atoms with Crippen molar-refractivity contribution in [1.82, 2.24) is 5.06 Å². The van der Waals surface area contributed by atoms with Crippen molar-refractivity contribution in [3.05, 3.63) is 5.21 Å². The monoisotopic (exact) mass is 100 g/mol. The van der Waals surface area contributed by atoms with E-state index in [1.54, 1.807) is 0 Å². The number of nitrogens with zero attached hydrogens (tertiary/aromatic N) is 1. The van der Waals surface area contributed by atoms with Crippen molar-refractivity contribution in [1.29, 1.82) is 0 Å². The maximum atomic E-state index is 10.4. The Morgan fingerprint density at radius 1 is 1.71 bits per heavy atom. The lowest BCUT2D eigenvalue weighted by Gasteiger charge is -2.02. The van der Waals surface area contributed by atoms with E-state index in [0.717, 1.165) is 11.5 Å². The number of hydroxylamine groups is 2. The van der Waals surface area contributed by atoms with Gasteiger partial charge in [-0.3, -0.25) is 0 Å². The Hall–Kier alpha value is -0.0800. The lowest BCUT2D eigenvalue weighted by Crippen LogP contribution is -1.86. The van der Waals surface area contributed by atoms with E-state index >= 15 is 0 Å². The molecule has 7 heavy (non-hydrogen) atoms. The first-order valence-electron chi connectivity index (χ1n) is 2.73. The van der Waals surface area contributed by atoms with Crippen LogP contribution in [0, 0.1) is 5.21 Å². The zero-order chi connectivity index (χ0) is 5.44. The molecule has 1 aliphatic heterocycles. The van der Waals surface area contributed by atoms with Crippen LogP contribution in [0.15, 0.2) is 0 Å². The van der Waals surface area contributed by atoms with E-state index < -0.39 is 0 Å². The molecule has 1 rings (SSSR count). The molecule has 0 bridgehead atoms. The molecule has 1 fully saturated rings. The molecule has 0 amide bonds. The largest absolute Gasteiger partial charge is 0.785 e. The molecule has 42 valence electrons. The molecule has 1 saturated heterocycles. The minimum Gasteiger partial charge on any atom is -0.785 e. The molecule has 1 heterocycles. The van der Waals surface area contributed by atoms with Gasteiger partial charge >= 0.3 is 0 Å². The Kier molecular flexibility index (Phi) is 1.05. The van der Waals surface area contributed by atoms with E-state index in [1.807, 2.05) is 13.8 Å². The summed E-state index contributed by atoms with van der Waals surface area (Å²) < 4.78 is 0. The third-order valence-electron chi connectivity index (χ3n) is 1.61. The average Bonchev–Trinajstić information content (AvgIpc) is 2.17. The fourth-order valence-electron chi connectivity index (χ4n) is 0.904. The molecule has 0 aliphatic carbocycles. The molecule has 0 aromatic carbocycles. The van der Waals surface area contributed by atoms with E-state index in [0.29, 0.717) is 12.1 Å². The van der Waals surface area contributed by atoms with Crippen molar-refractivity contribution in [2.75, 3.05) is 0 Å². The molecule has 2 unspecified atom stereocenters. The van der Waals surface area contributed by atoms with Gasteiger partial charge in [0.05, 0.1) is 0 Å². The fraction of sp³-hybridized carbons (Fsp3) is 1.00. The lowest BCUT2D eigenvalue weighted by molar-refractivity contribution is 0.644. The van der Waals surface area contributed by atoms with Crippen molar-refractivity contribution in [2.24, 2.45) is 0 Å². The Bertz CT molecular complexity index is 66.5. The van der Waals surface area contributed by atoms with Gasteiger partial charge in [-0.1, -0.05) is 6.92 Å². The zero-order valence-corrected chi connectivity index (χ0v) is 4.72. The molecule has 0 N–H and O–H groups in total. The van der Waals surface area contributed by atoms with Crippen LogP contribution < -0.4 is 0 Å². The predicted octanol–water partition coefficient (Wildman–Crippen LogP) is 0.967. The summed E-state index contributed by atoms with van der Waals surface area (Å²) >= 11 is 0. The summed E-state index contributed by atoms with van der Waals surface area (Å²) in [5.74, 6) is 0. The van der Waals surface area contributed by atoms with Gasteiger partial charge in [0.2, 0.25) is 0 Å². The van der Waals surface area contributed by atoms with Crippen molar-refractivity contribution < 1.29 is 0 Å². The van der Waals surface area contributed by atoms with Crippen LogP contribution in [0.3, 0.4) is 0 Å². The summed E-state index contributed by atoms with van der Waals surface area (Å²) in [6.45, 7) is 4.00. The smallest absolute Gasteiger partial charge is 0.0121 e. The highest BCUT2D eigenvalue weighted by Crippen LogP contribution is 2.27. The van der Waals surface area contributed by atoms with Crippen LogP contribution in [0.4, 0.5) is 0 Å². The van der Waals surface area contributed by atoms with Crippen LogP contribution in [0.25, 0.3) is 0 Å². The van der Waals surface area contributed by atoms with Crippen molar-refractivity contribution in [3.63, 3.8) is 0 Å². The van der Waals surface area contributed by atoms with E-state index in [-0.39, 0.29) is 0 Å².